The molecule has 1 aliphatic carbocycles. The van der Waals surface area contributed by atoms with Crippen molar-refractivity contribution in [2.75, 3.05) is 6.54 Å². The number of rotatable bonds is 4. The zero-order valence-electron chi connectivity index (χ0n) is 11.3. The predicted molar refractivity (Wildman–Crippen MR) is 70.6 cm³/mol. The average Bonchev–Trinajstić information content (AvgIpc) is 2.42. The zero-order valence-corrected chi connectivity index (χ0v) is 11.3. The van der Waals surface area contributed by atoms with Crippen molar-refractivity contribution in [3.8, 4) is 0 Å². The highest BCUT2D eigenvalue weighted by atomic mass is 19.1. The van der Waals surface area contributed by atoms with Gasteiger partial charge >= 0.3 is 0 Å². The van der Waals surface area contributed by atoms with Crippen LogP contribution >= 0.6 is 0 Å². The highest BCUT2D eigenvalue weighted by molar-refractivity contribution is 5.18. The van der Waals surface area contributed by atoms with E-state index in [1.54, 1.807) is 0 Å². The summed E-state index contributed by atoms with van der Waals surface area (Å²) in [5.74, 6) is -0.189. The summed E-state index contributed by atoms with van der Waals surface area (Å²) in [6.45, 7) is 2.72. The Morgan fingerprint density at radius 2 is 2.00 bits per heavy atom. The molecule has 2 N–H and O–H groups in total. The molecular formula is C15H21F2NO. The first-order valence-corrected chi connectivity index (χ1v) is 6.83. The summed E-state index contributed by atoms with van der Waals surface area (Å²) in [6.07, 6.45) is 3.93. The molecule has 1 fully saturated rings. The summed E-state index contributed by atoms with van der Waals surface area (Å²) < 4.78 is 32.5. The lowest BCUT2D eigenvalue weighted by Crippen LogP contribution is -2.43. The standard InChI is InChI=1S/C15H21F2NO/c1-11-4-6-15(10-18,7-5-11)19-9-12-8-13(16)2-3-14(12)17/h2-3,8,11H,4-7,9-10,18H2,1H3. The van der Waals surface area contributed by atoms with Crippen LogP contribution in [0.5, 0.6) is 0 Å². The van der Waals surface area contributed by atoms with E-state index in [-0.39, 0.29) is 17.8 Å². The molecule has 0 heterocycles. The number of hydrogen-bond donors (Lipinski definition) is 1. The van der Waals surface area contributed by atoms with Crippen molar-refractivity contribution in [2.45, 2.75) is 44.8 Å². The molecule has 1 aromatic carbocycles. The molecule has 106 valence electrons. The molecule has 0 unspecified atom stereocenters. The Kier molecular flexibility index (Phi) is 4.53. The first-order chi connectivity index (χ1) is 9.04. The van der Waals surface area contributed by atoms with Gasteiger partial charge in [-0.05, 0) is 49.8 Å². The van der Waals surface area contributed by atoms with Gasteiger partial charge in [-0.15, -0.1) is 0 Å². The molecule has 0 atom stereocenters. The minimum Gasteiger partial charge on any atom is -0.369 e. The Morgan fingerprint density at radius 1 is 1.32 bits per heavy atom. The largest absolute Gasteiger partial charge is 0.369 e. The molecule has 2 rings (SSSR count). The smallest absolute Gasteiger partial charge is 0.128 e. The van der Waals surface area contributed by atoms with E-state index >= 15 is 0 Å². The monoisotopic (exact) mass is 269 g/mol. The second-order valence-electron chi connectivity index (χ2n) is 5.59. The lowest BCUT2D eigenvalue weighted by molar-refractivity contribution is -0.0807. The number of halogens is 2. The van der Waals surface area contributed by atoms with Gasteiger partial charge in [0.2, 0.25) is 0 Å². The highest BCUT2D eigenvalue weighted by Gasteiger charge is 2.34. The Bertz CT molecular complexity index is 428. The van der Waals surface area contributed by atoms with Gasteiger partial charge in [-0.3, -0.25) is 0 Å². The molecule has 1 saturated carbocycles. The van der Waals surface area contributed by atoms with Gasteiger partial charge < -0.3 is 10.5 Å². The van der Waals surface area contributed by atoms with Crippen molar-refractivity contribution < 1.29 is 13.5 Å². The van der Waals surface area contributed by atoms with E-state index in [2.05, 4.69) is 6.92 Å². The van der Waals surface area contributed by atoms with E-state index in [0.29, 0.717) is 12.5 Å². The van der Waals surface area contributed by atoms with Crippen LogP contribution in [0.1, 0.15) is 38.2 Å². The number of hydrogen-bond acceptors (Lipinski definition) is 2. The fourth-order valence-corrected chi connectivity index (χ4v) is 2.58. The second kappa shape index (κ2) is 5.97. The molecule has 1 aliphatic rings. The van der Waals surface area contributed by atoms with E-state index in [0.717, 1.165) is 37.8 Å². The maximum atomic E-state index is 13.5. The molecule has 0 aromatic heterocycles. The normalized spacial score (nSPS) is 27.5. The van der Waals surface area contributed by atoms with E-state index in [4.69, 9.17) is 10.5 Å². The summed E-state index contributed by atoms with van der Waals surface area (Å²) in [6, 6.07) is 3.43. The lowest BCUT2D eigenvalue weighted by Gasteiger charge is -2.38. The van der Waals surface area contributed by atoms with Crippen LogP contribution in [0.15, 0.2) is 18.2 Å². The molecule has 19 heavy (non-hydrogen) atoms. The summed E-state index contributed by atoms with van der Waals surface area (Å²) in [5.41, 5.74) is 5.71. The first kappa shape index (κ1) is 14.4. The van der Waals surface area contributed by atoms with Crippen molar-refractivity contribution in [3.05, 3.63) is 35.4 Å². The van der Waals surface area contributed by atoms with Crippen LogP contribution < -0.4 is 5.73 Å². The van der Waals surface area contributed by atoms with Crippen LogP contribution in [0.3, 0.4) is 0 Å². The van der Waals surface area contributed by atoms with Crippen LogP contribution in [-0.4, -0.2) is 12.1 Å². The molecule has 1 aromatic rings. The topological polar surface area (TPSA) is 35.2 Å². The minimum atomic E-state index is -0.445. The van der Waals surface area contributed by atoms with Crippen molar-refractivity contribution in [1.29, 1.82) is 0 Å². The van der Waals surface area contributed by atoms with Crippen LogP contribution in [0.25, 0.3) is 0 Å². The van der Waals surface area contributed by atoms with Crippen LogP contribution in [0, 0.1) is 17.6 Å². The molecule has 0 amide bonds. The minimum absolute atomic E-state index is 0.0785. The molecule has 2 nitrogen and oxygen atoms in total. The highest BCUT2D eigenvalue weighted by Crippen LogP contribution is 2.34. The van der Waals surface area contributed by atoms with Gasteiger partial charge in [-0.1, -0.05) is 6.92 Å². The molecule has 0 saturated heterocycles. The molecule has 0 aliphatic heterocycles. The van der Waals surface area contributed by atoms with Gasteiger partial charge in [0.1, 0.15) is 11.6 Å². The molecule has 0 bridgehead atoms. The van der Waals surface area contributed by atoms with Crippen LogP contribution in [-0.2, 0) is 11.3 Å². The molecule has 0 radical (unpaired) electrons. The van der Waals surface area contributed by atoms with Gasteiger partial charge in [-0.25, -0.2) is 8.78 Å². The summed E-state index contributed by atoms with van der Waals surface area (Å²) >= 11 is 0. The Morgan fingerprint density at radius 3 is 2.63 bits per heavy atom. The lowest BCUT2D eigenvalue weighted by atomic mass is 9.79. The Labute approximate surface area is 112 Å². The van der Waals surface area contributed by atoms with E-state index in [9.17, 15) is 8.78 Å². The Hall–Kier alpha value is -1.00. The van der Waals surface area contributed by atoms with E-state index in [1.165, 1.54) is 6.07 Å². The van der Waals surface area contributed by atoms with Crippen molar-refractivity contribution >= 4 is 0 Å². The van der Waals surface area contributed by atoms with Crippen molar-refractivity contribution in [3.63, 3.8) is 0 Å². The third kappa shape index (κ3) is 3.51. The summed E-state index contributed by atoms with van der Waals surface area (Å²) in [4.78, 5) is 0. The third-order valence-electron chi connectivity index (χ3n) is 4.10. The number of ether oxygens (including phenoxy) is 1. The quantitative estimate of drug-likeness (QED) is 0.909. The summed E-state index contributed by atoms with van der Waals surface area (Å²) in [7, 11) is 0. The van der Waals surface area contributed by atoms with E-state index in [1.807, 2.05) is 0 Å². The van der Waals surface area contributed by atoms with Crippen molar-refractivity contribution in [2.24, 2.45) is 11.7 Å². The fourth-order valence-electron chi connectivity index (χ4n) is 2.58. The third-order valence-corrected chi connectivity index (χ3v) is 4.10. The van der Waals surface area contributed by atoms with Gasteiger partial charge in [0.05, 0.1) is 12.2 Å². The molecule has 0 spiro atoms. The predicted octanol–water partition coefficient (Wildman–Crippen LogP) is 3.39. The SMILES string of the molecule is CC1CCC(CN)(OCc2cc(F)ccc2F)CC1. The van der Waals surface area contributed by atoms with Crippen LogP contribution in [0.4, 0.5) is 8.78 Å². The maximum absolute atomic E-state index is 13.5. The fraction of sp³-hybridized carbons (Fsp3) is 0.600. The van der Waals surface area contributed by atoms with Gasteiger partial charge in [-0.2, -0.15) is 0 Å². The zero-order chi connectivity index (χ0) is 13.9. The maximum Gasteiger partial charge on any atom is 0.128 e. The number of benzene rings is 1. The first-order valence-electron chi connectivity index (χ1n) is 6.83. The number of nitrogens with two attached hydrogens (primary N) is 1. The van der Waals surface area contributed by atoms with E-state index < -0.39 is 11.6 Å². The van der Waals surface area contributed by atoms with Gasteiger partial charge in [0.25, 0.3) is 0 Å². The second-order valence-corrected chi connectivity index (χ2v) is 5.59. The summed E-state index contributed by atoms with van der Waals surface area (Å²) in [5, 5.41) is 0. The average molecular weight is 269 g/mol. The van der Waals surface area contributed by atoms with Crippen molar-refractivity contribution in [1.82, 2.24) is 0 Å². The van der Waals surface area contributed by atoms with Gasteiger partial charge in [0.15, 0.2) is 0 Å². The molecular weight excluding hydrogens is 248 g/mol. The Balaban J connectivity index is 2.01. The van der Waals surface area contributed by atoms with Gasteiger partial charge in [0, 0.05) is 12.1 Å². The van der Waals surface area contributed by atoms with Crippen LogP contribution in [0.2, 0.25) is 0 Å². The molecule has 4 heteroatoms.